The van der Waals surface area contributed by atoms with Crippen molar-refractivity contribution in [3.8, 4) is 22.3 Å². The third-order valence-electron chi connectivity index (χ3n) is 11.3. The van der Waals surface area contributed by atoms with Crippen LogP contribution >= 0.6 is 15.9 Å². The van der Waals surface area contributed by atoms with Crippen molar-refractivity contribution in [3.63, 3.8) is 0 Å². The van der Waals surface area contributed by atoms with Gasteiger partial charge in [-0.2, -0.15) is 0 Å². The summed E-state index contributed by atoms with van der Waals surface area (Å²) in [5.41, 5.74) is 17.7. The molecule has 0 fully saturated rings. The second kappa shape index (κ2) is 13.1. The summed E-state index contributed by atoms with van der Waals surface area (Å²) in [4.78, 5) is 5.00. The van der Waals surface area contributed by atoms with Crippen LogP contribution in [0.4, 0.5) is 28.4 Å². The van der Waals surface area contributed by atoms with E-state index in [2.05, 4.69) is 227 Å². The van der Waals surface area contributed by atoms with Crippen molar-refractivity contribution in [3.05, 3.63) is 232 Å². The van der Waals surface area contributed by atoms with Crippen LogP contribution in [0.15, 0.2) is 199 Å². The first-order valence-corrected chi connectivity index (χ1v) is 19.4. The minimum atomic E-state index is -0.640. The molecule has 0 amide bonds. The number of anilines is 5. The first-order chi connectivity index (χ1) is 26.6. The van der Waals surface area contributed by atoms with E-state index < -0.39 is 5.41 Å². The fraction of sp³-hybridized carbons (Fsp3) is 0.0588. The van der Waals surface area contributed by atoms with E-state index in [-0.39, 0.29) is 0 Å². The Kier molecular flexibility index (Phi) is 7.85. The van der Waals surface area contributed by atoms with Crippen molar-refractivity contribution in [2.24, 2.45) is 0 Å². The van der Waals surface area contributed by atoms with Gasteiger partial charge in [0.15, 0.2) is 0 Å². The van der Waals surface area contributed by atoms with Gasteiger partial charge in [0.2, 0.25) is 0 Å². The maximum absolute atomic E-state index is 3.90. The zero-order valence-electron chi connectivity index (χ0n) is 30.0. The molecule has 1 spiro atoms. The number of hydrogen-bond acceptors (Lipinski definition) is 2. The van der Waals surface area contributed by atoms with Gasteiger partial charge in [-0.05, 0) is 112 Å². The van der Waals surface area contributed by atoms with E-state index in [4.69, 9.17) is 0 Å². The number of aryl methyl sites for hydroxylation is 1. The maximum Gasteiger partial charge on any atom is 0.0783 e. The Bertz CT molecular complexity index is 2520. The SMILES string of the molecule is Cc1ccc(N2c3ccccc3C3(c4cc(-c5ccccc5)ccc4N(Cc4ccccc4Br)c4ccc(-c5ccccc5)cc43)c3ccccc32)cc1. The zero-order chi connectivity index (χ0) is 36.2. The largest absolute Gasteiger partial charge is 0.336 e. The summed E-state index contributed by atoms with van der Waals surface area (Å²) in [5.74, 6) is 0. The number of benzene rings is 8. The molecule has 8 aromatic carbocycles. The van der Waals surface area contributed by atoms with Crippen LogP contribution in [0.1, 0.15) is 33.4 Å². The van der Waals surface area contributed by atoms with Crippen molar-refractivity contribution in [1.82, 2.24) is 0 Å². The van der Waals surface area contributed by atoms with Crippen LogP contribution in [0.5, 0.6) is 0 Å². The molecule has 54 heavy (non-hydrogen) atoms. The molecule has 3 heteroatoms. The Morgan fingerprint density at radius 1 is 0.426 bits per heavy atom. The van der Waals surface area contributed by atoms with Crippen LogP contribution in [-0.4, -0.2) is 0 Å². The van der Waals surface area contributed by atoms with Crippen molar-refractivity contribution < 1.29 is 0 Å². The molecule has 0 saturated carbocycles. The van der Waals surface area contributed by atoms with Gasteiger partial charge in [0.05, 0.1) is 16.8 Å². The molecule has 0 radical (unpaired) electrons. The number of halogens is 1. The molecule has 2 nitrogen and oxygen atoms in total. The van der Waals surface area contributed by atoms with Crippen LogP contribution in [0.25, 0.3) is 22.3 Å². The second-order valence-electron chi connectivity index (χ2n) is 14.3. The Morgan fingerprint density at radius 2 is 0.907 bits per heavy atom. The molecule has 258 valence electrons. The molecule has 0 aliphatic carbocycles. The topological polar surface area (TPSA) is 6.48 Å². The molecule has 0 N–H and O–H groups in total. The first kappa shape index (κ1) is 32.5. The Morgan fingerprint density at radius 3 is 1.44 bits per heavy atom. The van der Waals surface area contributed by atoms with Gasteiger partial charge in [-0.25, -0.2) is 0 Å². The highest BCUT2D eigenvalue weighted by Crippen LogP contribution is 2.64. The molecule has 2 aliphatic heterocycles. The molecule has 0 saturated heterocycles. The van der Waals surface area contributed by atoms with Crippen LogP contribution in [0.3, 0.4) is 0 Å². The quantitative estimate of drug-likeness (QED) is 0.173. The summed E-state index contributed by atoms with van der Waals surface area (Å²) in [7, 11) is 0. The van der Waals surface area contributed by atoms with Gasteiger partial charge in [-0.15, -0.1) is 0 Å². The molecule has 2 heterocycles. The summed E-state index contributed by atoms with van der Waals surface area (Å²) in [5, 5.41) is 0. The predicted octanol–water partition coefficient (Wildman–Crippen LogP) is 13.9. The fourth-order valence-corrected chi connectivity index (χ4v) is 9.21. The Labute approximate surface area is 325 Å². The molecule has 0 aromatic heterocycles. The highest BCUT2D eigenvalue weighted by molar-refractivity contribution is 9.10. The fourth-order valence-electron chi connectivity index (χ4n) is 8.80. The lowest BCUT2D eigenvalue weighted by Gasteiger charge is -2.51. The van der Waals surface area contributed by atoms with Gasteiger partial charge < -0.3 is 9.80 Å². The van der Waals surface area contributed by atoms with Crippen molar-refractivity contribution >= 4 is 44.4 Å². The summed E-state index contributed by atoms with van der Waals surface area (Å²) in [6.45, 7) is 2.87. The highest BCUT2D eigenvalue weighted by Gasteiger charge is 2.52. The summed E-state index contributed by atoms with van der Waals surface area (Å²) in [6, 6.07) is 71.6. The molecule has 0 bridgehead atoms. The van der Waals surface area contributed by atoms with E-state index in [1.54, 1.807) is 0 Å². The Hall–Kier alpha value is -6.16. The third kappa shape index (κ3) is 5.07. The van der Waals surface area contributed by atoms with Crippen LogP contribution in [-0.2, 0) is 12.0 Å². The standard InChI is InChI=1S/C51H37BrN2/c1-35-24-28-41(29-25-35)54-49-22-12-9-19-42(49)51(43-20-10-13-23-50(43)54)44-32-38(36-14-4-2-5-15-36)26-30-47(44)53(34-40-18-8-11-21-46(40)52)48-31-27-39(33-45(48)51)37-16-6-3-7-17-37/h2-33H,34H2,1H3. The van der Waals surface area contributed by atoms with Gasteiger partial charge in [0.25, 0.3) is 0 Å². The van der Waals surface area contributed by atoms with Crippen molar-refractivity contribution in [2.45, 2.75) is 18.9 Å². The average Bonchev–Trinajstić information content (AvgIpc) is 3.23. The van der Waals surface area contributed by atoms with E-state index >= 15 is 0 Å². The van der Waals surface area contributed by atoms with E-state index in [9.17, 15) is 0 Å². The number of hydrogen-bond donors (Lipinski definition) is 0. The van der Waals surface area contributed by atoms with E-state index in [1.165, 1.54) is 78.4 Å². The van der Waals surface area contributed by atoms with Crippen LogP contribution in [0, 0.1) is 6.92 Å². The maximum atomic E-state index is 3.90. The van der Waals surface area contributed by atoms with Gasteiger partial charge in [-0.1, -0.05) is 161 Å². The smallest absolute Gasteiger partial charge is 0.0783 e. The normalized spacial score (nSPS) is 13.5. The van der Waals surface area contributed by atoms with Crippen LogP contribution < -0.4 is 9.80 Å². The minimum absolute atomic E-state index is 0.640. The summed E-state index contributed by atoms with van der Waals surface area (Å²) >= 11 is 3.90. The van der Waals surface area contributed by atoms with E-state index in [0.29, 0.717) is 6.54 Å². The van der Waals surface area contributed by atoms with E-state index in [1.807, 2.05) is 0 Å². The predicted molar refractivity (Wildman–Crippen MR) is 229 cm³/mol. The number of fused-ring (bicyclic) bond motifs is 8. The monoisotopic (exact) mass is 756 g/mol. The average molecular weight is 758 g/mol. The van der Waals surface area contributed by atoms with Gasteiger partial charge >= 0.3 is 0 Å². The zero-order valence-corrected chi connectivity index (χ0v) is 31.5. The molecule has 10 rings (SSSR count). The van der Waals surface area contributed by atoms with E-state index in [0.717, 1.165) is 10.2 Å². The molecular formula is C51H37BrN2. The summed E-state index contributed by atoms with van der Waals surface area (Å²) < 4.78 is 1.11. The van der Waals surface area contributed by atoms with Gasteiger partial charge in [0.1, 0.15) is 0 Å². The van der Waals surface area contributed by atoms with Gasteiger partial charge in [-0.3, -0.25) is 0 Å². The number of nitrogens with zero attached hydrogens (tertiary/aromatic N) is 2. The summed E-state index contributed by atoms with van der Waals surface area (Å²) in [6.07, 6.45) is 0. The lowest BCUT2D eigenvalue weighted by Crippen LogP contribution is -2.42. The molecule has 8 aromatic rings. The highest BCUT2D eigenvalue weighted by atomic mass is 79.9. The minimum Gasteiger partial charge on any atom is -0.336 e. The molecule has 0 unspecified atom stereocenters. The second-order valence-corrected chi connectivity index (χ2v) is 15.2. The first-order valence-electron chi connectivity index (χ1n) is 18.6. The van der Waals surface area contributed by atoms with Crippen LogP contribution in [0.2, 0.25) is 0 Å². The number of para-hydroxylation sites is 2. The Balaban J connectivity index is 1.35. The molecular weight excluding hydrogens is 720 g/mol. The van der Waals surface area contributed by atoms with Crippen molar-refractivity contribution in [2.75, 3.05) is 9.80 Å². The third-order valence-corrected chi connectivity index (χ3v) is 12.0. The number of rotatable bonds is 5. The van der Waals surface area contributed by atoms with Gasteiger partial charge in [0, 0.05) is 28.1 Å². The molecule has 2 aliphatic rings. The van der Waals surface area contributed by atoms with Crippen molar-refractivity contribution in [1.29, 1.82) is 0 Å². The lowest BCUT2D eigenvalue weighted by molar-refractivity contribution is 0.705. The molecule has 0 atom stereocenters. The lowest BCUT2D eigenvalue weighted by atomic mass is 9.59.